The molecule has 1 aliphatic carbocycles. The molecule has 1 aliphatic rings. The van der Waals surface area contributed by atoms with E-state index >= 15 is 0 Å². The molecule has 4 aromatic rings. The molecule has 0 heterocycles. The number of amides is 3. The number of rotatable bonds is 24. The second-order valence-corrected chi connectivity index (χ2v) is 17.0. The molecule has 0 aromatic heterocycles. The number of aliphatic hydroxyl groups is 9. The maximum Gasteiger partial charge on any atom is 0.258 e. The molecule has 0 saturated carbocycles. The molecule has 19 heteroatoms. The number of hydrogen-bond donors (Lipinski definition) is 12. The molecular weight excluding hydrogens is 887 g/mol. The average Bonchev–Trinajstić information content (AvgIpc) is 3.35. The number of ether oxygens (including phenoxy) is 4. The van der Waals surface area contributed by atoms with Gasteiger partial charge < -0.3 is 80.9 Å². The van der Waals surface area contributed by atoms with Gasteiger partial charge in [-0.05, 0) is 50.9 Å². The van der Waals surface area contributed by atoms with E-state index < -0.39 is 114 Å². The Kier molecular flexibility index (Phi) is 19.5. The number of para-hydroxylation sites is 4. The summed E-state index contributed by atoms with van der Waals surface area (Å²) in [6, 6.07) is 22.0. The first-order valence-electron chi connectivity index (χ1n) is 22.2. The molecule has 0 atom stereocenters. The number of hydrogen-bond acceptors (Lipinski definition) is 16. The smallest absolute Gasteiger partial charge is 0.258 e. The van der Waals surface area contributed by atoms with Crippen LogP contribution in [0.3, 0.4) is 0 Å². The standard InChI is InChI=1S/C49H63N3O16/c1-2-15-65-43-32-7-3-8-33(43)17-35-10-5-12-37(45(35)67-21-41(63)51-48(26-56,27-57)28-58)19-39-14-6-13-38(46(39)68-22-42(64)52-49(29-59,30-60)31-61)18-36-11-4-9-34(16-32)44(36)66-20-40(62)50-47(23-53,24-54)25-55/h3-14,53-61H,2,15-31H2,1H3,(H,50,62)(H,51,63)(H,52,64). The lowest BCUT2D eigenvalue weighted by atomic mass is 9.91. The van der Waals surface area contributed by atoms with Gasteiger partial charge in [-0.3, -0.25) is 14.4 Å². The van der Waals surface area contributed by atoms with Crippen molar-refractivity contribution in [3.05, 3.63) is 117 Å². The van der Waals surface area contributed by atoms with E-state index in [0.29, 0.717) is 63.7 Å². The van der Waals surface area contributed by atoms with Crippen LogP contribution in [0.4, 0.5) is 0 Å². The molecule has 19 nitrogen and oxygen atoms in total. The highest BCUT2D eigenvalue weighted by Crippen LogP contribution is 2.39. The Morgan fingerprint density at radius 2 is 0.603 bits per heavy atom. The number of carbonyl (C=O) groups is 3. The fraction of sp³-hybridized carbons (Fsp3) is 0.449. The van der Waals surface area contributed by atoms with Crippen molar-refractivity contribution in [2.75, 3.05) is 85.9 Å². The first-order valence-corrected chi connectivity index (χ1v) is 22.2. The molecule has 0 aliphatic heterocycles. The van der Waals surface area contributed by atoms with E-state index in [0.717, 1.165) is 11.1 Å². The summed E-state index contributed by atoms with van der Waals surface area (Å²) in [6.45, 7) is -6.16. The number of fused-ring (bicyclic) bond motifs is 8. The van der Waals surface area contributed by atoms with Crippen LogP contribution in [0.2, 0.25) is 0 Å². The van der Waals surface area contributed by atoms with Crippen molar-refractivity contribution >= 4 is 17.7 Å². The molecule has 0 unspecified atom stereocenters. The Hall–Kier alpha value is -5.87. The first kappa shape index (κ1) is 53.1. The number of nitrogens with one attached hydrogen (secondary N) is 3. The van der Waals surface area contributed by atoms with Gasteiger partial charge in [0.25, 0.3) is 17.7 Å². The van der Waals surface area contributed by atoms with Crippen molar-refractivity contribution in [2.45, 2.75) is 55.6 Å². The summed E-state index contributed by atoms with van der Waals surface area (Å²) in [5.41, 5.74) is -0.0548. The predicted molar refractivity (Wildman–Crippen MR) is 246 cm³/mol. The van der Waals surface area contributed by atoms with Crippen molar-refractivity contribution in [3.8, 4) is 23.0 Å². The van der Waals surface area contributed by atoms with Crippen molar-refractivity contribution in [1.82, 2.24) is 16.0 Å². The molecule has 5 rings (SSSR count). The zero-order valence-electron chi connectivity index (χ0n) is 38.0. The Bertz CT molecular complexity index is 2160. The molecule has 3 amide bonds. The Morgan fingerprint density at radius 3 is 0.794 bits per heavy atom. The van der Waals surface area contributed by atoms with Gasteiger partial charge in [0.1, 0.15) is 39.6 Å². The quantitative estimate of drug-likeness (QED) is 0.0345. The number of aliphatic hydroxyl groups excluding tert-OH is 9. The summed E-state index contributed by atoms with van der Waals surface area (Å²) in [6.07, 6.45) is 1.37. The van der Waals surface area contributed by atoms with Gasteiger partial charge >= 0.3 is 0 Å². The van der Waals surface area contributed by atoms with Crippen molar-refractivity contribution in [3.63, 3.8) is 0 Å². The summed E-state index contributed by atoms with van der Waals surface area (Å²) >= 11 is 0. The highest BCUT2D eigenvalue weighted by atomic mass is 16.5. The number of carbonyl (C=O) groups excluding carboxylic acids is 3. The third-order valence-corrected chi connectivity index (χ3v) is 11.7. The average molecular weight is 950 g/mol. The normalized spacial score (nSPS) is 12.7. The Morgan fingerprint density at radius 1 is 0.397 bits per heavy atom. The van der Waals surface area contributed by atoms with Gasteiger partial charge in [0.2, 0.25) is 0 Å². The van der Waals surface area contributed by atoms with Gasteiger partial charge in [0, 0.05) is 25.7 Å². The summed E-state index contributed by atoms with van der Waals surface area (Å²) in [5.74, 6) is -0.742. The fourth-order valence-corrected chi connectivity index (χ4v) is 7.65. The van der Waals surface area contributed by atoms with Gasteiger partial charge in [0.15, 0.2) is 19.8 Å². The van der Waals surface area contributed by atoms with Crippen LogP contribution >= 0.6 is 0 Å². The fourth-order valence-electron chi connectivity index (χ4n) is 7.65. The van der Waals surface area contributed by atoms with E-state index in [-0.39, 0.29) is 31.4 Å². The molecule has 0 saturated heterocycles. The van der Waals surface area contributed by atoms with Crippen LogP contribution in [0.5, 0.6) is 23.0 Å². The Labute approximate surface area is 393 Å². The van der Waals surface area contributed by atoms with Crippen LogP contribution < -0.4 is 34.9 Å². The second-order valence-electron chi connectivity index (χ2n) is 17.0. The SMILES string of the molecule is CCCOc1c2cccc1Cc1cccc(c1OCC(=O)NC(CO)(CO)CO)Cc1cccc(c1OCC(=O)NC(CO)(CO)CO)Cc1cccc(c1OCC(=O)NC(CO)(CO)CO)C2. The van der Waals surface area contributed by atoms with Gasteiger partial charge in [-0.15, -0.1) is 0 Å². The van der Waals surface area contributed by atoms with Crippen LogP contribution in [-0.4, -0.2) is 166 Å². The van der Waals surface area contributed by atoms with Crippen LogP contribution in [0.25, 0.3) is 0 Å². The van der Waals surface area contributed by atoms with E-state index in [2.05, 4.69) is 16.0 Å². The summed E-state index contributed by atoms with van der Waals surface area (Å²) in [5, 5.41) is 96.4. The highest BCUT2D eigenvalue weighted by Gasteiger charge is 2.33. The molecule has 370 valence electrons. The van der Waals surface area contributed by atoms with Crippen LogP contribution in [0.1, 0.15) is 57.9 Å². The van der Waals surface area contributed by atoms with Crippen LogP contribution in [0.15, 0.2) is 72.8 Å². The zero-order valence-corrected chi connectivity index (χ0v) is 38.0. The maximum absolute atomic E-state index is 13.4. The maximum atomic E-state index is 13.4. The molecule has 8 bridgehead atoms. The third kappa shape index (κ3) is 13.0. The summed E-state index contributed by atoms with van der Waals surface area (Å²) in [7, 11) is 0. The second kappa shape index (κ2) is 24.9. The van der Waals surface area contributed by atoms with E-state index in [1.807, 2.05) is 49.4 Å². The highest BCUT2D eigenvalue weighted by molar-refractivity contribution is 5.80. The van der Waals surface area contributed by atoms with Crippen molar-refractivity contribution in [1.29, 1.82) is 0 Å². The topological polar surface area (TPSA) is 306 Å². The van der Waals surface area contributed by atoms with Crippen LogP contribution in [-0.2, 0) is 40.1 Å². The lowest BCUT2D eigenvalue weighted by molar-refractivity contribution is -0.128. The third-order valence-electron chi connectivity index (χ3n) is 11.7. The minimum Gasteiger partial charge on any atom is -0.493 e. The molecule has 12 N–H and O–H groups in total. The van der Waals surface area contributed by atoms with E-state index in [1.165, 1.54) is 0 Å². The summed E-state index contributed by atoms with van der Waals surface area (Å²) in [4.78, 5) is 40.0. The van der Waals surface area contributed by atoms with Crippen molar-refractivity contribution in [2.24, 2.45) is 0 Å². The van der Waals surface area contributed by atoms with E-state index in [9.17, 15) is 60.3 Å². The minimum atomic E-state index is -1.73. The minimum absolute atomic E-state index is 0.0996. The number of benzene rings is 4. The lowest BCUT2D eigenvalue weighted by Crippen LogP contribution is -2.58. The van der Waals surface area contributed by atoms with Gasteiger partial charge in [-0.2, -0.15) is 0 Å². The Balaban J connectivity index is 1.69. The lowest BCUT2D eigenvalue weighted by Gasteiger charge is -2.29. The first-order chi connectivity index (χ1) is 32.8. The molecular formula is C49H63N3O16. The molecule has 0 radical (unpaired) electrons. The molecule has 4 aromatic carbocycles. The predicted octanol–water partition coefficient (Wildman–Crippen LogP) is -1.22. The molecule has 0 fully saturated rings. The summed E-state index contributed by atoms with van der Waals surface area (Å²) < 4.78 is 25.5. The largest absolute Gasteiger partial charge is 0.493 e. The molecule has 0 spiro atoms. The van der Waals surface area contributed by atoms with Crippen LogP contribution in [0, 0.1) is 0 Å². The zero-order chi connectivity index (χ0) is 49.3. The monoisotopic (exact) mass is 949 g/mol. The van der Waals surface area contributed by atoms with Crippen molar-refractivity contribution < 1.29 is 79.3 Å². The van der Waals surface area contributed by atoms with E-state index in [4.69, 9.17) is 18.9 Å². The molecule has 68 heavy (non-hydrogen) atoms. The van der Waals surface area contributed by atoms with Gasteiger partial charge in [0.05, 0.1) is 66.1 Å². The van der Waals surface area contributed by atoms with Gasteiger partial charge in [-0.1, -0.05) is 79.7 Å². The van der Waals surface area contributed by atoms with Gasteiger partial charge in [-0.25, -0.2) is 0 Å². The van der Waals surface area contributed by atoms with E-state index in [1.54, 1.807) is 30.3 Å².